The molecule has 3 rings (SSSR count). The number of aliphatic hydroxyl groups excluding tert-OH is 1. The second-order valence-electron chi connectivity index (χ2n) is 7.97. The van der Waals surface area contributed by atoms with Crippen molar-refractivity contribution in [2.45, 2.75) is 56.2 Å². The lowest BCUT2D eigenvalue weighted by molar-refractivity contribution is -0.801. The lowest BCUT2D eigenvalue weighted by atomic mass is 9.98. The minimum Gasteiger partial charge on any atom is -0.415 e. The first-order valence-corrected chi connectivity index (χ1v) is 10.7. The number of nitrogens with zero attached hydrogens (tertiary/aromatic N) is 3. The van der Waals surface area contributed by atoms with Crippen LogP contribution >= 0.6 is 12.6 Å². The van der Waals surface area contributed by atoms with Crippen LogP contribution < -0.4 is 0 Å². The number of imide groups is 1. The van der Waals surface area contributed by atoms with Crippen LogP contribution in [0.1, 0.15) is 37.7 Å². The molecule has 2 heterocycles. The molecule has 2 aliphatic heterocycles. The Bertz CT molecular complexity index is 774. The van der Waals surface area contributed by atoms with Crippen LogP contribution in [0.15, 0.2) is 24.3 Å². The van der Waals surface area contributed by atoms with E-state index >= 15 is 0 Å². The molecule has 0 aromatic heterocycles. The summed E-state index contributed by atoms with van der Waals surface area (Å²) in [5, 5.41) is 20.1. The summed E-state index contributed by atoms with van der Waals surface area (Å²) in [5.74, 6) is 0. The molecular formula is C20H28N3O6S+. The molecule has 0 saturated carbocycles. The van der Waals surface area contributed by atoms with Crippen molar-refractivity contribution in [3.63, 3.8) is 0 Å². The van der Waals surface area contributed by atoms with Crippen molar-refractivity contribution < 1.29 is 28.8 Å². The molecule has 0 radical (unpaired) electrons. The predicted octanol–water partition coefficient (Wildman–Crippen LogP) is 2.47. The molecule has 30 heavy (non-hydrogen) atoms. The van der Waals surface area contributed by atoms with Gasteiger partial charge in [-0.25, -0.2) is 4.79 Å². The van der Waals surface area contributed by atoms with Gasteiger partial charge in [0.2, 0.25) is 0 Å². The first kappa shape index (κ1) is 22.7. The molecule has 2 saturated heterocycles. The number of ether oxygens (including phenoxy) is 1. The second-order valence-corrected chi connectivity index (χ2v) is 8.70. The molecule has 1 aromatic carbocycles. The summed E-state index contributed by atoms with van der Waals surface area (Å²) in [5.41, 5.74) is 0.561. The monoisotopic (exact) mass is 438 g/mol. The van der Waals surface area contributed by atoms with Crippen molar-refractivity contribution in [1.82, 2.24) is 4.90 Å². The van der Waals surface area contributed by atoms with Crippen LogP contribution in [0.5, 0.6) is 0 Å². The molecule has 2 unspecified atom stereocenters. The summed E-state index contributed by atoms with van der Waals surface area (Å²) in [7, 11) is 0. The van der Waals surface area contributed by atoms with E-state index in [1.54, 1.807) is 0 Å². The van der Waals surface area contributed by atoms with Gasteiger partial charge in [0, 0.05) is 37.7 Å². The van der Waals surface area contributed by atoms with Crippen molar-refractivity contribution in [1.29, 1.82) is 0 Å². The number of carbonyl (C=O) groups excluding carboxylic acids is 2. The third-order valence-electron chi connectivity index (χ3n) is 6.08. The quantitative estimate of drug-likeness (QED) is 0.221. The summed E-state index contributed by atoms with van der Waals surface area (Å²) >= 11 is 4.56. The van der Waals surface area contributed by atoms with Gasteiger partial charge in [0.25, 0.3) is 5.69 Å². The number of thiol groups is 1. The number of non-ortho nitro benzene ring substituents is 1. The molecule has 1 aromatic rings. The van der Waals surface area contributed by atoms with Crippen LogP contribution in [0, 0.1) is 10.1 Å². The highest BCUT2D eigenvalue weighted by molar-refractivity contribution is 7.81. The Morgan fingerprint density at radius 2 is 2.10 bits per heavy atom. The van der Waals surface area contributed by atoms with E-state index in [2.05, 4.69) is 17.5 Å². The van der Waals surface area contributed by atoms with E-state index in [9.17, 15) is 24.8 Å². The minimum atomic E-state index is -0.641. The predicted molar refractivity (Wildman–Crippen MR) is 112 cm³/mol. The Hall–Kier alpha value is -2.01. The summed E-state index contributed by atoms with van der Waals surface area (Å²) in [4.78, 5) is 37.8. The van der Waals surface area contributed by atoms with E-state index in [1.807, 2.05) is 0 Å². The van der Waals surface area contributed by atoms with Crippen LogP contribution in [-0.4, -0.2) is 69.1 Å². The first-order chi connectivity index (χ1) is 14.4. The standard InChI is InChI=1S/C20H27N3O6S/c24-10-8-16-3-1-2-9-21(16)19-11-18(30)12-23(19,14-25)20(26)29-13-15-4-6-17(7-5-15)22(27)28/h4-7,14,16,18-19,24H,1-3,8-13H2/p+1/t16?,18-,19-,23?/m0/s1. The maximum Gasteiger partial charge on any atom is 0.525 e. The molecule has 4 atom stereocenters. The summed E-state index contributed by atoms with van der Waals surface area (Å²) in [6.07, 6.45) is 3.79. The van der Waals surface area contributed by atoms with Crippen LogP contribution in [0.2, 0.25) is 0 Å². The van der Waals surface area contributed by atoms with Gasteiger partial charge < -0.3 is 9.84 Å². The highest BCUT2D eigenvalue weighted by Gasteiger charge is 2.57. The number of quaternary nitrogens is 1. The number of piperidine rings is 1. The average molecular weight is 439 g/mol. The lowest BCUT2D eigenvalue weighted by Gasteiger charge is -2.43. The zero-order valence-electron chi connectivity index (χ0n) is 16.8. The van der Waals surface area contributed by atoms with E-state index < -0.39 is 15.5 Å². The molecule has 2 aliphatic rings. The Morgan fingerprint density at radius 3 is 2.73 bits per heavy atom. The average Bonchev–Trinajstić information content (AvgIpc) is 3.10. The van der Waals surface area contributed by atoms with Gasteiger partial charge in [-0.3, -0.25) is 15.0 Å². The topological polar surface area (TPSA) is 110 Å². The molecule has 164 valence electrons. The van der Waals surface area contributed by atoms with Gasteiger partial charge in [-0.05, 0) is 37.0 Å². The van der Waals surface area contributed by atoms with E-state index in [1.165, 1.54) is 24.3 Å². The fraction of sp³-hybridized carbons (Fsp3) is 0.600. The third kappa shape index (κ3) is 4.66. The fourth-order valence-corrected chi connectivity index (χ4v) is 5.04. The maximum absolute atomic E-state index is 13.1. The number of nitro benzene ring substituents is 1. The van der Waals surface area contributed by atoms with E-state index in [4.69, 9.17) is 4.74 Å². The van der Waals surface area contributed by atoms with E-state index in [0.29, 0.717) is 24.8 Å². The van der Waals surface area contributed by atoms with Gasteiger partial charge in [0.05, 0.1) is 10.2 Å². The number of hydrogen-bond donors (Lipinski definition) is 2. The Morgan fingerprint density at radius 1 is 1.37 bits per heavy atom. The minimum absolute atomic E-state index is 0.0426. The number of carbonyl (C=O) groups is 2. The van der Waals surface area contributed by atoms with Crippen LogP contribution in [0.25, 0.3) is 0 Å². The molecule has 0 spiro atoms. The highest BCUT2D eigenvalue weighted by Crippen LogP contribution is 2.36. The van der Waals surface area contributed by atoms with Gasteiger partial charge in [0.1, 0.15) is 13.2 Å². The summed E-state index contributed by atoms with van der Waals surface area (Å²) in [6.45, 7) is 0.997. The van der Waals surface area contributed by atoms with Gasteiger partial charge in [-0.1, -0.05) is 6.42 Å². The number of hydrogen-bond acceptors (Lipinski definition) is 8. The number of nitro groups is 1. The van der Waals surface area contributed by atoms with Crippen LogP contribution in [-0.2, 0) is 16.1 Å². The molecular weight excluding hydrogens is 410 g/mol. The van der Waals surface area contributed by atoms with Gasteiger partial charge in [0.15, 0.2) is 6.17 Å². The van der Waals surface area contributed by atoms with E-state index in [-0.39, 0.29) is 42.9 Å². The van der Waals surface area contributed by atoms with Gasteiger partial charge in [-0.2, -0.15) is 17.4 Å². The second kappa shape index (κ2) is 9.86. The van der Waals surface area contributed by atoms with E-state index in [0.717, 1.165) is 25.8 Å². The van der Waals surface area contributed by atoms with Crippen molar-refractivity contribution in [3.05, 3.63) is 39.9 Å². The Kier molecular flexibility index (Phi) is 7.45. The molecule has 10 heteroatoms. The fourth-order valence-electron chi connectivity index (χ4n) is 4.58. The van der Waals surface area contributed by atoms with Crippen molar-refractivity contribution >= 4 is 30.8 Å². The number of benzene rings is 1. The molecule has 9 nitrogen and oxygen atoms in total. The van der Waals surface area contributed by atoms with Gasteiger partial charge >= 0.3 is 12.5 Å². The lowest BCUT2D eigenvalue weighted by Crippen LogP contribution is -2.64. The number of aliphatic hydroxyl groups is 1. The van der Waals surface area contributed by atoms with Gasteiger partial charge in [-0.15, -0.1) is 4.48 Å². The highest BCUT2D eigenvalue weighted by atomic mass is 32.1. The van der Waals surface area contributed by atoms with Crippen LogP contribution in [0.3, 0.4) is 0 Å². The summed E-state index contributed by atoms with van der Waals surface area (Å²) < 4.78 is 5.02. The Balaban J connectivity index is 1.76. The largest absolute Gasteiger partial charge is 0.525 e. The van der Waals surface area contributed by atoms with Crippen molar-refractivity contribution in [3.8, 4) is 0 Å². The zero-order valence-corrected chi connectivity index (χ0v) is 17.7. The molecule has 2 fully saturated rings. The third-order valence-corrected chi connectivity index (χ3v) is 6.46. The SMILES string of the molecule is O=C[N+]1(C(=O)OCc2ccc([N+](=O)[O-])cc2)C[C@@H](S)C[C@H]1N1CCCCC1CCO. The Labute approximate surface area is 180 Å². The molecule has 0 bridgehead atoms. The first-order valence-electron chi connectivity index (χ1n) is 10.2. The smallest absolute Gasteiger partial charge is 0.415 e. The van der Waals surface area contributed by atoms with Crippen LogP contribution in [0.4, 0.5) is 10.5 Å². The molecule has 2 amide bonds. The number of rotatable bonds is 7. The number of amides is 2. The van der Waals surface area contributed by atoms with Crippen molar-refractivity contribution in [2.75, 3.05) is 19.7 Å². The maximum atomic E-state index is 13.1. The summed E-state index contributed by atoms with van der Waals surface area (Å²) in [6, 6.07) is 5.88. The zero-order chi connectivity index (χ0) is 21.7. The number of likely N-dealkylation sites (tertiary alicyclic amines) is 2. The normalized spacial score (nSPS) is 29.5. The molecule has 0 aliphatic carbocycles. The molecule has 1 N–H and O–H groups in total. The van der Waals surface area contributed by atoms with Crippen molar-refractivity contribution in [2.24, 2.45) is 0 Å².